The fourth-order valence-electron chi connectivity index (χ4n) is 2.53. The molecule has 2 aliphatic rings. The van der Waals surface area contributed by atoms with Crippen LogP contribution in [-0.4, -0.2) is 61.8 Å². The average Bonchev–Trinajstić information content (AvgIpc) is 2.82. The van der Waals surface area contributed by atoms with Gasteiger partial charge in [-0.25, -0.2) is 5.06 Å². The molecule has 0 aromatic heterocycles. The van der Waals surface area contributed by atoms with E-state index < -0.39 is 36.6 Å². The smallest absolute Gasteiger partial charge is 0.400 e. The molecule has 0 saturated carbocycles. The average molecular weight is 367 g/mol. The lowest BCUT2D eigenvalue weighted by atomic mass is 9.57. The number of carbonyl (C=O) groups excluding carboxylic acids is 1. The maximum atomic E-state index is 12.4. The van der Waals surface area contributed by atoms with Gasteiger partial charge in [-0.3, -0.25) is 9.63 Å². The highest BCUT2D eigenvalue weighted by Gasteiger charge is 2.59. The zero-order chi connectivity index (χ0) is 20.1. The summed E-state index contributed by atoms with van der Waals surface area (Å²) in [6, 6.07) is 0. The van der Waals surface area contributed by atoms with Gasteiger partial charge in [0.2, 0.25) is 0 Å². The molecule has 0 atom stereocenters. The predicted octanol–water partition coefficient (Wildman–Crippen LogP) is 2.20. The van der Waals surface area contributed by atoms with Gasteiger partial charge in [-0.2, -0.15) is 0 Å². The summed E-state index contributed by atoms with van der Waals surface area (Å²) in [7, 11) is 1.44. The minimum Gasteiger partial charge on any atom is -0.400 e. The second-order valence-electron chi connectivity index (χ2n) is 8.84. The van der Waals surface area contributed by atoms with Crippen molar-refractivity contribution in [3.05, 3.63) is 11.4 Å². The van der Waals surface area contributed by atoms with Crippen LogP contribution in [0.5, 0.6) is 0 Å². The third-order valence-corrected chi connectivity index (χ3v) is 5.93. The number of amides is 1. The molecule has 0 aromatic rings. The Kier molecular flexibility index (Phi) is 5.47. The number of likely N-dealkylation sites (N-methyl/N-ethyl adjacent to an activating group) is 1. The Morgan fingerprint density at radius 1 is 0.808 bits per heavy atom. The highest BCUT2D eigenvalue weighted by atomic mass is 16.7. The summed E-state index contributed by atoms with van der Waals surface area (Å²) in [5.74, 6) is -0.355. The van der Waals surface area contributed by atoms with Crippen molar-refractivity contribution in [2.45, 2.75) is 77.8 Å². The van der Waals surface area contributed by atoms with Crippen molar-refractivity contribution in [3.63, 3.8) is 0 Å². The van der Waals surface area contributed by atoms with Gasteiger partial charge in [-0.1, -0.05) is 0 Å². The lowest BCUT2D eigenvalue weighted by molar-refractivity contribution is -0.162. The first-order valence-corrected chi connectivity index (χ1v) is 8.88. The van der Waals surface area contributed by atoms with Gasteiger partial charge in [0.05, 0.1) is 29.5 Å². The first-order chi connectivity index (χ1) is 11.6. The first-order valence-electron chi connectivity index (χ1n) is 8.88. The Balaban J connectivity index is 2.39. The van der Waals surface area contributed by atoms with E-state index in [2.05, 4.69) is 0 Å². The monoisotopic (exact) mass is 367 g/mol. The van der Waals surface area contributed by atoms with Crippen molar-refractivity contribution in [1.29, 1.82) is 0 Å². The minimum absolute atomic E-state index is 0.355. The standard InChI is InChI=1S/C17H31B2NO6/c1-14(2)15(3,4)24-18(23-14)12(11-13(21)20(9)22-10)19-25-16(5,6)17(7,8)26-19/h11H,1-10H3. The van der Waals surface area contributed by atoms with Gasteiger partial charge in [0.25, 0.3) is 5.91 Å². The molecule has 0 spiro atoms. The number of carbonyl (C=O) groups is 1. The van der Waals surface area contributed by atoms with E-state index in [1.807, 2.05) is 55.4 Å². The van der Waals surface area contributed by atoms with Crippen LogP contribution in [0.3, 0.4) is 0 Å². The van der Waals surface area contributed by atoms with Gasteiger partial charge >= 0.3 is 14.2 Å². The maximum absolute atomic E-state index is 12.4. The molecule has 1 amide bonds. The number of nitrogens with zero attached hydrogens (tertiary/aromatic N) is 1. The quantitative estimate of drug-likeness (QED) is 0.431. The van der Waals surface area contributed by atoms with Crippen molar-refractivity contribution in [3.8, 4) is 0 Å². The molecule has 7 nitrogen and oxygen atoms in total. The second-order valence-corrected chi connectivity index (χ2v) is 8.84. The van der Waals surface area contributed by atoms with Crippen LogP contribution in [0.15, 0.2) is 11.4 Å². The lowest BCUT2D eigenvalue weighted by Crippen LogP contribution is -2.41. The molecule has 2 saturated heterocycles. The Hall–Kier alpha value is -0.860. The molecule has 0 unspecified atom stereocenters. The summed E-state index contributed by atoms with van der Waals surface area (Å²) < 4.78 is 24.5. The van der Waals surface area contributed by atoms with Crippen LogP contribution in [0.4, 0.5) is 0 Å². The Morgan fingerprint density at radius 2 is 1.12 bits per heavy atom. The van der Waals surface area contributed by atoms with Crippen molar-refractivity contribution in [1.82, 2.24) is 5.06 Å². The highest BCUT2D eigenvalue weighted by Crippen LogP contribution is 2.43. The molecule has 26 heavy (non-hydrogen) atoms. The van der Waals surface area contributed by atoms with Gasteiger partial charge < -0.3 is 18.6 Å². The molecule has 2 fully saturated rings. The molecule has 2 heterocycles. The molecule has 0 N–H and O–H groups in total. The molecule has 146 valence electrons. The van der Waals surface area contributed by atoms with Crippen LogP contribution < -0.4 is 0 Å². The molecule has 9 heteroatoms. The van der Waals surface area contributed by atoms with Crippen molar-refractivity contribution in [2.24, 2.45) is 0 Å². The first kappa shape index (κ1) is 21.4. The summed E-state index contributed by atoms with van der Waals surface area (Å²) in [6.45, 7) is 15.7. The Morgan fingerprint density at radius 3 is 1.38 bits per heavy atom. The molecule has 2 aliphatic heterocycles. The van der Waals surface area contributed by atoms with Crippen LogP contribution in [0, 0.1) is 0 Å². The summed E-state index contributed by atoms with van der Waals surface area (Å²) in [4.78, 5) is 17.4. The van der Waals surface area contributed by atoms with Crippen LogP contribution in [-0.2, 0) is 28.2 Å². The fourth-order valence-corrected chi connectivity index (χ4v) is 2.53. The van der Waals surface area contributed by atoms with Crippen LogP contribution in [0.25, 0.3) is 0 Å². The third-order valence-electron chi connectivity index (χ3n) is 5.93. The zero-order valence-corrected chi connectivity index (χ0v) is 17.6. The summed E-state index contributed by atoms with van der Waals surface area (Å²) in [6.07, 6.45) is 1.41. The molecular weight excluding hydrogens is 336 g/mol. The largest absolute Gasteiger partial charge is 0.486 e. The van der Waals surface area contributed by atoms with E-state index in [4.69, 9.17) is 23.5 Å². The van der Waals surface area contributed by atoms with Gasteiger partial charge in [-0.05, 0) is 66.8 Å². The van der Waals surface area contributed by atoms with E-state index in [0.29, 0.717) is 5.37 Å². The molecule has 2 rings (SSSR count). The van der Waals surface area contributed by atoms with E-state index in [-0.39, 0.29) is 5.91 Å². The van der Waals surface area contributed by atoms with Crippen LogP contribution >= 0.6 is 0 Å². The van der Waals surface area contributed by atoms with Crippen molar-refractivity contribution < 1.29 is 28.2 Å². The van der Waals surface area contributed by atoms with E-state index >= 15 is 0 Å². The Bertz CT molecular complexity index is 532. The normalized spacial score (nSPS) is 25.3. The molecule has 0 bridgehead atoms. The third kappa shape index (κ3) is 3.73. The van der Waals surface area contributed by atoms with Crippen molar-refractivity contribution >= 4 is 20.1 Å². The van der Waals surface area contributed by atoms with Crippen LogP contribution in [0.2, 0.25) is 0 Å². The van der Waals surface area contributed by atoms with Gasteiger partial charge in [0.15, 0.2) is 0 Å². The zero-order valence-electron chi connectivity index (χ0n) is 17.6. The van der Waals surface area contributed by atoms with E-state index in [1.165, 1.54) is 20.2 Å². The summed E-state index contributed by atoms with van der Waals surface area (Å²) >= 11 is 0. The second kappa shape index (κ2) is 6.63. The van der Waals surface area contributed by atoms with E-state index in [9.17, 15) is 4.79 Å². The fraction of sp³-hybridized carbons (Fsp3) is 0.824. The summed E-state index contributed by atoms with van der Waals surface area (Å²) in [5, 5.41) is 1.60. The summed E-state index contributed by atoms with van der Waals surface area (Å²) in [5.41, 5.74) is -2.18. The van der Waals surface area contributed by atoms with Gasteiger partial charge in [-0.15, -0.1) is 0 Å². The number of hydrogen-bond acceptors (Lipinski definition) is 6. The SMILES string of the molecule is CON(C)C(=O)C=C(B1OC(C)(C)C(C)(C)O1)B1OC(C)(C)C(C)(C)O1. The molecule has 0 radical (unpaired) electrons. The minimum atomic E-state index is -0.760. The van der Waals surface area contributed by atoms with Gasteiger partial charge in [0, 0.05) is 7.05 Å². The number of hydrogen-bond donors (Lipinski definition) is 0. The maximum Gasteiger partial charge on any atom is 0.486 e. The van der Waals surface area contributed by atoms with E-state index in [1.54, 1.807) is 0 Å². The van der Waals surface area contributed by atoms with Crippen molar-refractivity contribution in [2.75, 3.05) is 14.2 Å². The Labute approximate surface area is 157 Å². The van der Waals surface area contributed by atoms with Gasteiger partial charge in [0.1, 0.15) is 0 Å². The molecular formula is C17H31B2NO6. The number of hydroxylamine groups is 2. The number of rotatable bonds is 4. The molecule has 0 aromatic carbocycles. The van der Waals surface area contributed by atoms with Crippen LogP contribution in [0.1, 0.15) is 55.4 Å². The molecule has 0 aliphatic carbocycles. The highest BCUT2D eigenvalue weighted by molar-refractivity contribution is 6.79. The lowest BCUT2D eigenvalue weighted by Gasteiger charge is -2.32. The van der Waals surface area contributed by atoms with E-state index in [0.717, 1.165) is 5.06 Å². The topological polar surface area (TPSA) is 66.5 Å². The predicted molar refractivity (Wildman–Crippen MR) is 100 cm³/mol.